The van der Waals surface area contributed by atoms with Crippen LogP contribution in [0, 0.1) is 6.92 Å². The first-order valence-corrected chi connectivity index (χ1v) is 13.5. The van der Waals surface area contributed by atoms with Gasteiger partial charge in [0, 0.05) is 6.20 Å². The summed E-state index contributed by atoms with van der Waals surface area (Å²) in [6, 6.07) is 1.26. The number of phosphoric acid groups is 1. The number of ether oxygens (including phenoxy) is 2. The number of imidazole rings is 1. The van der Waals surface area contributed by atoms with Gasteiger partial charge in [-0.15, -0.1) is 0 Å². The van der Waals surface area contributed by atoms with Crippen LogP contribution in [0.4, 0.5) is 11.8 Å². The van der Waals surface area contributed by atoms with Crippen molar-refractivity contribution < 1.29 is 59.4 Å². The molecular formula is C20H31N8O14P. The number of aliphatic hydroxyl groups is 4. The van der Waals surface area contributed by atoms with Crippen LogP contribution in [0.25, 0.3) is 11.2 Å². The number of aromatic amines is 1. The Balaban J connectivity index is 0.00000253. The van der Waals surface area contributed by atoms with Gasteiger partial charge < -0.3 is 57.2 Å². The molecule has 22 nitrogen and oxygen atoms in total. The Hall–Kier alpha value is -3.38. The molecule has 2 saturated heterocycles. The molecule has 0 bridgehead atoms. The summed E-state index contributed by atoms with van der Waals surface area (Å²) < 4.78 is 36.4. The van der Waals surface area contributed by atoms with Crippen LogP contribution in [-0.2, 0) is 23.1 Å². The van der Waals surface area contributed by atoms with E-state index >= 15 is 0 Å². The number of nitrogens with one attached hydrogen (secondary N) is 1. The van der Waals surface area contributed by atoms with E-state index in [4.69, 9.17) is 30.0 Å². The second kappa shape index (κ2) is 12.7. The molecule has 0 aliphatic carbocycles. The monoisotopic (exact) mass is 638 g/mol. The van der Waals surface area contributed by atoms with E-state index in [0.29, 0.717) is 0 Å². The zero-order valence-corrected chi connectivity index (χ0v) is 23.0. The SMILES string of the molecule is Cc1nc2c(=O)[nH]c(N)nc2n1[C@@H]1O[C@H](CO)[C@@H](O)[C@H]1OP(=O)(O)OC[C@H]1O[C@@H](n2ccc(N)nc2=O)[C@H](O)[C@@H]1O.O.O. The Morgan fingerprint density at radius 3 is 2.37 bits per heavy atom. The summed E-state index contributed by atoms with van der Waals surface area (Å²) in [6.45, 7) is -0.0531. The van der Waals surface area contributed by atoms with Gasteiger partial charge in [0.2, 0.25) is 5.95 Å². The summed E-state index contributed by atoms with van der Waals surface area (Å²) in [4.78, 5) is 48.8. The largest absolute Gasteiger partial charge is 0.472 e. The highest BCUT2D eigenvalue weighted by Gasteiger charge is 2.51. The van der Waals surface area contributed by atoms with Crippen molar-refractivity contribution in [2.24, 2.45) is 0 Å². The maximum absolute atomic E-state index is 13.0. The van der Waals surface area contributed by atoms with Gasteiger partial charge >= 0.3 is 13.5 Å². The first-order valence-electron chi connectivity index (χ1n) is 12.0. The van der Waals surface area contributed by atoms with Crippen molar-refractivity contribution in [1.82, 2.24) is 29.1 Å². The molecule has 5 rings (SSSR count). The number of fused-ring (bicyclic) bond motifs is 1. The predicted molar refractivity (Wildman–Crippen MR) is 141 cm³/mol. The summed E-state index contributed by atoms with van der Waals surface area (Å²) in [5.74, 6) is -0.207. The summed E-state index contributed by atoms with van der Waals surface area (Å²) in [5, 5.41) is 41.2. The Morgan fingerprint density at radius 2 is 1.72 bits per heavy atom. The Morgan fingerprint density at radius 1 is 1.05 bits per heavy atom. The fourth-order valence-electron chi connectivity index (χ4n) is 4.67. The van der Waals surface area contributed by atoms with Gasteiger partial charge in [0.15, 0.2) is 23.6 Å². The van der Waals surface area contributed by atoms with Crippen molar-refractivity contribution in [3.63, 3.8) is 0 Å². The summed E-state index contributed by atoms with van der Waals surface area (Å²) >= 11 is 0. The van der Waals surface area contributed by atoms with E-state index in [9.17, 15) is 39.5 Å². The van der Waals surface area contributed by atoms with Crippen molar-refractivity contribution in [3.8, 4) is 0 Å². The lowest BCUT2D eigenvalue weighted by atomic mass is 10.1. The molecule has 0 spiro atoms. The highest BCUT2D eigenvalue weighted by molar-refractivity contribution is 7.47. The number of anilines is 2. The smallest absolute Gasteiger partial charge is 0.412 e. The van der Waals surface area contributed by atoms with Crippen LogP contribution < -0.4 is 22.7 Å². The maximum Gasteiger partial charge on any atom is 0.472 e. The van der Waals surface area contributed by atoms with Gasteiger partial charge in [-0.25, -0.2) is 14.3 Å². The van der Waals surface area contributed by atoms with Crippen molar-refractivity contribution in [2.75, 3.05) is 24.7 Å². The van der Waals surface area contributed by atoms with E-state index < -0.39 is 81.4 Å². The van der Waals surface area contributed by atoms with Crippen LogP contribution in [0.2, 0.25) is 0 Å². The summed E-state index contributed by atoms with van der Waals surface area (Å²) in [5.41, 5.74) is 9.33. The number of nitrogen functional groups attached to an aromatic ring is 2. The van der Waals surface area contributed by atoms with E-state index in [2.05, 4.69) is 19.9 Å². The molecule has 23 heteroatoms. The van der Waals surface area contributed by atoms with Crippen LogP contribution in [0.5, 0.6) is 0 Å². The number of hydrogen-bond donors (Lipinski definition) is 8. The predicted octanol–water partition coefficient (Wildman–Crippen LogP) is -5.43. The molecule has 0 radical (unpaired) electrons. The molecule has 3 aromatic rings. The molecule has 43 heavy (non-hydrogen) atoms. The number of aromatic nitrogens is 6. The molecule has 1 unspecified atom stereocenters. The summed E-state index contributed by atoms with van der Waals surface area (Å²) in [6.07, 6.45) is -11.0. The molecule has 3 aromatic heterocycles. The zero-order valence-electron chi connectivity index (χ0n) is 22.1. The number of hydrogen-bond acceptors (Lipinski definition) is 16. The molecule has 14 N–H and O–H groups in total. The maximum atomic E-state index is 13.0. The number of rotatable bonds is 8. The third-order valence-electron chi connectivity index (χ3n) is 6.61. The molecule has 0 amide bonds. The van der Waals surface area contributed by atoms with Crippen LogP contribution in [-0.4, -0.2) is 115 Å². The van der Waals surface area contributed by atoms with Gasteiger partial charge in [-0.05, 0) is 13.0 Å². The molecule has 2 aliphatic heterocycles. The highest BCUT2D eigenvalue weighted by Crippen LogP contribution is 2.50. The van der Waals surface area contributed by atoms with Crippen LogP contribution >= 0.6 is 7.82 Å². The second-order valence-electron chi connectivity index (χ2n) is 9.31. The Kier molecular flexibility index (Phi) is 10.1. The quantitative estimate of drug-likeness (QED) is 0.107. The number of aryl methyl sites for hydroxylation is 1. The topological polar surface area (TPSA) is 369 Å². The normalized spacial score (nSPS) is 30.1. The number of nitrogens with zero attached hydrogens (tertiary/aromatic N) is 5. The van der Waals surface area contributed by atoms with E-state index in [1.165, 1.54) is 23.8 Å². The van der Waals surface area contributed by atoms with Gasteiger partial charge in [0.05, 0.1) is 13.2 Å². The Labute approximate surface area is 239 Å². The summed E-state index contributed by atoms with van der Waals surface area (Å²) in [7, 11) is -5.09. The van der Waals surface area contributed by atoms with E-state index in [1.807, 2.05) is 0 Å². The van der Waals surface area contributed by atoms with Gasteiger partial charge in [0.25, 0.3) is 5.56 Å². The van der Waals surface area contributed by atoms with Gasteiger partial charge in [-0.3, -0.25) is 28.0 Å². The first kappa shape index (κ1) is 34.1. The number of phosphoric ester groups is 1. The van der Waals surface area contributed by atoms with E-state index in [-0.39, 0.29) is 39.7 Å². The van der Waals surface area contributed by atoms with Crippen molar-refractivity contribution in [1.29, 1.82) is 0 Å². The number of H-pyrrole nitrogens is 1. The van der Waals surface area contributed by atoms with E-state index in [1.54, 1.807) is 0 Å². The fraction of sp³-hybridized carbons (Fsp3) is 0.550. The van der Waals surface area contributed by atoms with Crippen LogP contribution in [0.15, 0.2) is 21.9 Å². The lowest BCUT2D eigenvalue weighted by molar-refractivity contribution is -0.0638. The lowest BCUT2D eigenvalue weighted by Gasteiger charge is -2.25. The highest BCUT2D eigenvalue weighted by atomic mass is 31.2. The minimum absolute atomic E-state index is 0. The molecule has 0 aromatic carbocycles. The molecule has 2 fully saturated rings. The standard InChI is InChI=1S/C20H27N8O12P.2H2O/c1-6-23-10-15(25-19(22)26-16(10)33)28(6)18-14(12(31)7(4-29)38-18)40-41(35,36)37-5-8-11(30)13(32)17(39-8)27-3-2-9(21)24-20(27)34;;/h2-3,7-8,11-14,17-18,29-32H,4-5H2,1H3,(H,35,36)(H2,21,24,34)(H3,22,25,26,33);2*1H2/t7-,8-,11-,12-,13-,14-,17-,18-;;/m1../s1. The van der Waals surface area contributed by atoms with Gasteiger partial charge in [0.1, 0.15) is 48.3 Å². The molecule has 240 valence electrons. The minimum Gasteiger partial charge on any atom is -0.412 e. The van der Waals surface area contributed by atoms with Crippen LogP contribution in [0.3, 0.4) is 0 Å². The number of nitrogens with two attached hydrogens (primary N) is 2. The van der Waals surface area contributed by atoms with Crippen molar-refractivity contribution in [3.05, 3.63) is 38.9 Å². The Bertz CT molecular complexity index is 1610. The molecule has 0 saturated carbocycles. The van der Waals surface area contributed by atoms with Crippen LogP contribution in [0.1, 0.15) is 18.3 Å². The average molecular weight is 638 g/mol. The van der Waals surface area contributed by atoms with E-state index in [0.717, 1.165) is 4.57 Å². The van der Waals surface area contributed by atoms with Crippen molar-refractivity contribution in [2.45, 2.75) is 56.0 Å². The molecule has 9 atom stereocenters. The fourth-order valence-corrected chi connectivity index (χ4v) is 5.61. The van der Waals surface area contributed by atoms with Gasteiger partial charge in [-0.2, -0.15) is 9.97 Å². The minimum atomic E-state index is -5.09. The molecular weight excluding hydrogens is 607 g/mol. The second-order valence-corrected chi connectivity index (χ2v) is 10.7. The lowest BCUT2D eigenvalue weighted by Crippen LogP contribution is -2.36. The molecule has 5 heterocycles. The zero-order chi connectivity index (χ0) is 29.8. The molecule has 2 aliphatic rings. The average Bonchev–Trinajstić information content (AvgIpc) is 3.49. The third kappa shape index (κ3) is 6.31. The number of aliphatic hydroxyl groups excluding tert-OH is 4. The first-order chi connectivity index (χ1) is 19.3. The third-order valence-corrected chi connectivity index (χ3v) is 7.60. The van der Waals surface area contributed by atoms with Crippen molar-refractivity contribution >= 4 is 30.8 Å². The van der Waals surface area contributed by atoms with Gasteiger partial charge in [-0.1, -0.05) is 0 Å².